The van der Waals surface area contributed by atoms with Gasteiger partial charge in [0.1, 0.15) is 23.0 Å². The SMILES string of the molecule is CC(=O)Oc1ccc(C(C)(C)c2ccc(OC(=O)Oc3ccc(C(C)(C)C)cc3)cc2)cc1.CCC[Si](C)(C)O[Si](C)(C)CCCc1ccccc1OC. The molecule has 4 aromatic carbocycles. The van der Waals surface area contributed by atoms with E-state index in [1.165, 1.54) is 37.4 Å². The van der Waals surface area contributed by atoms with Gasteiger partial charge in [0.2, 0.25) is 0 Å². The number of carbonyl (C=O) groups is 2. The molecule has 4 aromatic rings. The highest BCUT2D eigenvalue weighted by atomic mass is 28.4. The van der Waals surface area contributed by atoms with E-state index in [2.05, 4.69) is 79.9 Å². The summed E-state index contributed by atoms with van der Waals surface area (Å²) in [6.07, 6.45) is 2.73. The number of hydrogen-bond acceptors (Lipinski definition) is 7. The predicted octanol–water partition coefficient (Wildman–Crippen LogP) is 12.3. The van der Waals surface area contributed by atoms with Gasteiger partial charge in [-0.3, -0.25) is 4.79 Å². The molecule has 54 heavy (non-hydrogen) atoms. The van der Waals surface area contributed by atoms with E-state index in [1.54, 1.807) is 43.5 Å². The van der Waals surface area contributed by atoms with Crippen LogP contribution < -0.4 is 18.9 Å². The van der Waals surface area contributed by atoms with Crippen molar-refractivity contribution in [2.75, 3.05) is 7.11 Å². The maximum absolute atomic E-state index is 12.2. The number of esters is 1. The van der Waals surface area contributed by atoms with E-state index in [0.717, 1.165) is 28.9 Å². The quantitative estimate of drug-likeness (QED) is 0.0546. The second kappa shape index (κ2) is 19.4. The largest absolute Gasteiger partial charge is 0.519 e. The molecule has 0 aromatic heterocycles. The summed E-state index contributed by atoms with van der Waals surface area (Å²) in [7, 11) is -1.24. The lowest BCUT2D eigenvalue weighted by molar-refractivity contribution is -0.131. The fourth-order valence-corrected chi connectivity index (χ4v) is 15.5. The van der Waals surface area contributed by atoms with Crippen molar-refractivity contribution in [1.82, 2.24) is 0 Å². The van der Waals surface area contributed by atoms with Crippen LogP contribution in [-0.4, -0.2) is 35.9 Å². The van der Waals surface area contributed by atoms with Crippen LogP contribution in [0.3, 0.4) is 0 Å². The summed E-state index contributed by atoms with van der Waals surface area (Å²) in [5, 5.41) is 0. The monoisotopic (exact) mass is 770 g/mol. The number of benzene rings is 4. The third-order valence-electron chi connectivity index (χ3n) is 9.36. The first-order chi connectivity index (χ1) is 25.2. The zero-order valence-electron chi connectivity index (χ0n) is 34.6. The van der Waals surface area contributed by atoms with Crippen LogP contribution >= 0.6 is 0 Å². The van der Waals surface area contributed by atoms with Crippen LogP contribution in [0.1, 0.15) is 83.6 Å². The molecule has 4 rings (SSSR count). The van der Waals surface area contributed by atoms with Crippen LogP contribution in [0.2, 0.25) is 38.3 Å². The van der Waals surface area contributed by atoms with Crippen LogP contribution in [0.15, 0.2) is 97.1 Å². The minimum atomic E-state index is -1.54. The van der Waals surface area contributed by atoms with E-state index in [-0.39, 0.29) is 16.8 Å². The minimum Gasteiger partial charge on any atom is -0.496 e. The van der Waals surface area contributed by atoms with Gasteiger partial charge in [0, 0.05) is 12.3 Å². The van der Waals surface area contributed by atoms with Crippen molar-refractivity contribution in [3.63, 3.8) is 0 Å². The van der Waals surface area contributed by atoms with Gasteiger partial charge in [-0.2, -0.15) is 0 Å². The number of hydrogen-bond donors (Lipinski definition) is 0. The van der Waals surface area contributed by atoms with Crippen LogP contribution in [0.25, 0.3) is 0 Å². The van der Waals surface area contributed by atoms with Crippen molar-refractivity contribution < 1.29 is 32.7 Å². The lowest BCUT2D eigenvalue weighted by Gasteiger charge is -2.34. The number of methoxy groups -OCH3 is 1. The fourth-order valence-electron chi connectivity index (χ4n) is 6.51. The molecule has 0 aliphatic rings. The van der Waals surface area contributed by atoms with Gasteiger partial charge in [0.15, 0.2) is 16.6 Å². The molecule has 0 spiro atoms. The molecule has 0 aliphatic heterocycles. The molecule has 7 nitrogen and oxygen atoms in total. The average Bonchev–Trinajstić information content (AvgIpc) is 3.08. The summed E-state index contributed by atoms with van der Waals surface area (Å²) in [5.74, 6) is 2.01. The van der Waals surface area contributed by atoms with E-state index in [0.29, 0.717) is 17.2 Å². The van der Waals surface area contributed by atoms with E-state index >= 15 is 0 Å². The Morgan fingerprint density at radius 1 is 0.611 bits per heavy atom. The molecule has 0 unspecified atom stereocenters. The van der Waals surface area contributed by atoms with Gasteiger partial charge in [0.05, 0.1) is 7.11 Å². The number of ether oxygens (including phenoxy) is 4. The van der Waals surface area contributed by atoms with E-state index in [4.69, 9.17) is 23.1 Å². The highest BCUT2D eigenvalue weighted by Gasteiger charge is 2.32. The standard InChI is InChI=1S/C28H30O5.C17H32O2Si2/c1-19(29)31-23-15-9-21(10-16-23)28(5,6)22-11-17-25(18-12-22)33-26(30)32-24-13-7-20(8-14-24)27(2,3)4;1-7-14-20(3,4)19-21(5,6)15-10-12-16-11-8-9-13-17(16)18-2/h7-18H,1-6H3;8-9,11,13H,7,10,12,14-15H2,1-6H3. The van der Waals surface area contributed by atoms with Crippen molar-refractivity contribution in [1.29, 1.82) is 0 Å². The maximum Gasteiger partial charge on any atom is 0.519 e. The summed E-state index contributed by atoms with van der Waals surface area (Å²) >= 11 is 0. The molecule has 0 saturated carbocycles. The summed E-state index contributed by atoms with van der Waals surface area (Å²) in [5.41, 5.74) is 4.30. The second-order valence-corrected chi connectivity index (χ2v) is 25.4. The van der Waals surface area contributed by atoms with Gasteiger partial charge in [0.25, 0.3) is 0 Å². The first-order valence-electron chi connectivity index (χ1n) is 19.0. The average molecular weight is 771 g/mol. The molecule has 0 fully saturated rings. The Hall–Kier alpha value is -4.19. The molecule has 9 heteroatoms. The molecule has 292 valence electrons. The van der Waals surface area contributed by atoms with Gasteiger partial charge in [-0.25, -0.2) is 4.79 Å². The minimum absolute atomic E-state index is 0.0267. The zero-order chi connectivity index (χ0) is 40.2. The Bertz CT molecular complexity index is 1770. The highest BCUT2D eigenvalue weighted by molar-refractivity contribution is 6.84. The number of carbonyl (C=O) groups excluding carboxylic acids is 2. The molecule has 0 atom stereocenters. The third-order valence-corrected chi connectivity index (χ3v) is 17.0. The zero-order valence-corrected chi connectivity index (χ0v) is 36.6. The van der Waals surface area contributed by atoms with Crippen molar-refractivity contribution in [3.05, 3.63) is 119 Å². The first-order valence-corrected chi connectivity index (χ1v) is 25.2. The van der Waals surface area contributed by atoms with Crippen molar-refractivity contribution in [3.8, 4) is 23.0 Å². The van der Waals surface area contributed by atoms with Crippen molar-refractivity contribution in [2.24, 2.45) is 0 Å². The normalized spacial score (nSPS) is 11.9. The Balaban J connectivity index is 0.000000322. The maximum atomic E-state index is 12.2. The summed E-state index contributed by atoms with van der Waals surface area (Å²) < 4.78 is 27.8. The van der Waals surface area contributed by atoms with E-state index in [1.807, 2.05) is 48.5 Å². The van der Waals surface area contributed by atoms with Gasteiger partial charge >= 0.3 is 12.1 Å². The molecule has 0 amide bonds. The molecule has 0 N–H and O–H groups in total. The topological polar surface area (TPSA) is 80.3 Å². The van der Waals surface area contributed by atoms with E-state index < -0.39 is 22.8 Å². The Labute approximate surface area is 326 Å². The lowest BCUT2D eigenvalue weighted by atomic mass is 9.78. The lowest BCUT2D eigenvalue weighted by Crippen LogP contribution is -2.44. The Morgan fingerprint density at radius 3 is 1.50 bits per heavy atom. The number of para-hydroxylation sites is 1. The summed E-state index contributed by atoms with van der Waals surface area (Å²) in [4.78, 5) is 23.3. The fraction of sp³-hybridized carbons (Fsp3) is 0.422. The highest BCUT2D eigenvalue weighted by Crippen LogP contribution is 2.34. The Kier molecular flexibility index (Phi) is 15.9. The van der Waals surface area contributed by atoms with Crippen molar-refractivity contribution >= 4 is 28.8 Å². The third kappa shape index (κ3) is 14.2. The summed E-state index contributed by atoms with van der Waals surface area (Å²) in [6.45, 7) is 23.7. The van der Waals surface area contributed by atoms with Gasteiger partial charge in [-0.1, -0.05) is 103 Å². The van der Waals surface area contributed by atoms with Gasteiger partial charge in [-0.05, 0) is 121 Å². The van der Waals surface area contributed by atoms with E-state index in [9.17, 15) is 9.59 Å². The molecular formula is C45H62O7Si2. The molecule has 0 heterocycles. The molecule has 0 bridgehead atoms. The van der Waals surface area contributed by atoms with Gasteiger partial charge in [-0.15, -0.1) is 0 Å². The summed E-state index contributed by atoms with van der Waals surface area (Å²) in [6, 6.07) is 33.0. The predicted molar refractivity (Wildman–Crippen MR) is 225 cm³/mol. The number of aryl methyl sites for hydroxylation is 1. The van der Waals surface area contributed by atoms with Crippen molar-refractivity contribution in [2.45, 2.75) is 117 Å². The van der Waals surface area contributed by atoms with Crippen LogP contribution in [0.4, 0.5) is 4.79 Å². The molecular weight excluding hydrogens is 709 g/mol. The van der Waals surface area contributed by atoms with Crippen LogP contribution in [-0.2, 0) is 26.2 Å². The smallest absolute Gasteiger partial charge is 0.496 e. The van der Waals surface area contributed by atoms with Crippen LogP contribution in [0.5, 0.6) is 23.0 Å². The Morgan fingerprint density at radius 2 is 1.06 bits per heavy atom. The second-order valence-electron chi connectivity index (χ2n) is 16.5. The first kappa shape index (κ1) is 44.2. The molecule has 0 radical (unpaired) electrons. The molecule has 0 aliphatic carbocycles. The van der Waals surface area contributed by atoms with Crippen LogP contribution in [0, 0.1) is 0 Å². The number of rotatable bonds is 14. The molecule has 0 saturated heterocycles. The van der Waals surface area contributed by atoms with Gasteiger partial charge < -0.3 is 23.1 Å².